The number of carbonyl (C=O) groups is 1. The molecule has 2 rings (SSSR count). The molecule has 0 unspecified atom stereocenters. The minimum Gasteiger partial charge on any atom is -0.414 e. The van der Waals surface area contributed by atoms with Gasteiger partial charge in [-0.15, -0.1) is 10.2 Å². The normalized spacial score (nSPS) is 17.2. The monoisotopic (exact) mass is 297 g/mol. The highest BCUT2D eigenvalue weighted by molar-refractivity contribution is 7.99. The number of carbonyl (C=O) groups excluding carboxylic acids is 1. The highest BCUT2D eigenvalue weighted by Gasteiger charge is 2.22. The Morgan fingerprint density at radius 3 is 2.80 bits per heavy atom. The topological polar surface area (TPSA) is 59.2 Å². The molecular weight excluding hydrogens is 274 g/mol. The Hall–Kier alpha value is -1.04. The Kier molecular flexibility index (Phi) is 5.46. The molecule has 1 atom stereocenters. The van der Waals surface area contributed by atoms with Gasteiger partial charge < -0.3 is 9.32 Å². The second-order valence-electron chi connectivity index (χ2n) is 5.93. The largest absolute Gasteiger partial charge is 0.414 e. The quantitative estimate of drug-likeness (QED) is 0.724. The second-order valence-corrected chi connectivity index (χ2v) is 6.90. The van der Waals surface area contributed by atoms with Crippen molar-refractivity contribution in [3.63, 3.8) is 0 Å². The summed E-state index contributed by atoms with van der Waals surface area (Å²) in [4.78, 5) is 13.3. The first-order valence-electron chi connectivity index (χ1n) is 7.27. The van der Waals surface area contributed by atoms with Crippen molar-refractivity contribution < 1.29 is 9.21 Å². The molecule has 5 nitrogen and oxygen atoms in total. The molecule has 0 bridgehead atoms. The van der Waals surface area contributed by atoms with Crippen molar-refractivity contribution in [2.24, 2.45) is 11.8 Å². The Balaban J connectivity index is 1.78. The molecule has 0 spiro atoms. The van der Waals surface area contributed by atoms with Crippen LogP contribution in [0.15, 0.2) is 9.64 Å². The van der Waals surface area contributed by atoms with E-state index in [4.69, 9.17) is 4.42 Å². The molecule has 1 saturated heterocycles. The maximum atomic E-state index is 11.5. The van der Waals surface area contributed by atoms with E-state index in [0.717, 1.165) is 18.7 Å². The van der Waals surface area contributed by atoms with E-state index in [1.807, 2.05) is 0 Å². The molecule has 0 saturated carbocycles. The van der Waals surface area contributed by atoms with Gasteiger partial charge in [-0.25, -0.2) is 0 Å². The first-order chi connectivity index (χ1) is 9.54. The van der Waals surface area contributed by atoms with Gasteiger partial charge in [-0.2, -0.15) is 0 Å². The molecule has 1 aliphatic heterocycles. The number of aromatic nitrogens is 2. The number of nitrogens with zero attached hydrogens (tertiary/aromatic N) is 3. The van der Waals surface area contributed by atoms with E-state index in [-0.39, 0.29) is 5.91 Å². The minimum absolute atomic E-state index is 0.183. The van der Waals surface area contributed by atoms with E-state index in [9.17, 15) is 4.79 Å². The van der Waals surface area contributed by atoms with Gasteiger partial charge in [-0.1, -0.05) is 32.5 Å². The van der Waals surface area contributed by atoms with Crippen LogP contribution in [0.4, 0.5) is 0 Å². The maximum absolute atomic E-state index is 11.5. The molecular formula is C14H23N3O2S. The van der Waals surface area contributed by atoms with Crippen LogP contribution in [0, 0.1) is 11.8 Å². The summed E-state index contributed by atoms with van der Waals surface area (Å²) in [5.74, 6) is 3.06. The smallest absolute Gasteiger partial charge is 0.276 e. The molecule has 1 aromatic heterocycles. The third-order valence-electron chi connectivity index (χ3n) is 3.31. The summed E-state index contributed by atoms with van der Waals surface area (Å²) in [6.07, 6.45) is 2.78. The number of amides is 1. The molecule has 1 fully saturated rings. The Morgan fingerprint density at radius 2 is 2.15 bits per heavy atom. The minimum atomic E-state index is 0.183. The molecule has 0 aliphatic carbocycles. The zero-order valence-corrected chi connectivity index (χ0v) is 13.3. The average molecular weight is 297 g/mol. The van der Waals surface area contributed by atoms with Gasteiger partial charge in [0.15, 0.2) is 0 Å². The van der Waals surface area contributed by atoms with Crippen molar-refractivity contribution in [1.29, 1.82) is 0 Å². The van der Waals surface area contributed by atoms with Crippen LogP contribution in [0.5, 0.6) is 0 Å². The third kappa shape index (κ3) is 4.51. The fraction of sp³-hybridized carbons (Fsp3) is 0.786. The average Bonchev–Trinajstić information content (AvgIpc) is 2.97. The van der Waals surface area contributed by atoms with Crippen molar-refractivity contribution >= 4 is 17.7 Å². The first kappa shape index (κ1) is 15.4. The molecule has 6 heteroatoms. The fourth-order valence-electron chi connectivity index (χ4n) is 2.48. The van der Waals surface area contributed by atoms with E-state index in [1.165, 1.54) is 6.42 Å². The van der Waals surface area contributed by atoms with Crippen LogP contribution in [-0.4, -0.2) is 33.3 Å². The molecule has 2 heterocycles. The lowest BCUT2D eigenvalue weighted by molar-refractivity contribution is -0.128. The lowest BCUT2D eigenvalue weighted by Crippen LogP contribution is -2.23. The Bertz CT molecular complexity index is 447. The molecule has 0 radical (unpaired) electrons. The van der Waals surface area contributed by atoms with Gasteiger partial charge in [0.2, 0.25) is 11.8 Å². The lowest BCUT2D eigenvalue weighted by atomic mass is 10.0. The van der Waals surface area contributed by atoms with Crippen LogP contribution in [0.1, 0.15) is 45.9 Å². The van der Waals surface area contributed by atoms with Gasteiger partial charge in [0.05, 0.1) is 6.54 Å². The SMILES string of the molecule is CC(C)C[C@H](C)CSc1nnc(CN2CCCC2=O)o1. The van der Waals surface area contributed by atoms with Crippen LogP contribution in [0.3, 0.4) is 0 Å². The fourth-order valence-corrected chi connectivity index (χ4v) is 3.30. The van der Waals surface area contributed by atoms with Gasteiger partial charge >= 0.3 is 0 Å². The molecule has 1 aromatic rings. The van der Waals surface area contributed by atoms with Crippen molar-refractivity contribution in [2.45, 2.75) is 51.8 Å². The van der Waals surface area contributed by atoms with Crippen LogP contribution >= 0.6 is 11.8 Å². The van der Waals surface area contributed by atoms with Crippen molar-refractivity contribution in [1.82, 2.24) is 15.1 Å². The van der Waals surface area contributed by atoms with Crippen molar-refractivity contribution in [2.75, 3.05) is 12.3 Å². The Labute approximate surface area is 124 Å². The summed E-state index contributed by atoms with van der Waals surface area (Å²) in [5, 5.41) is 8.68. The van der Waals surface area contributed by atoms with E-state index in [1.54, 1.807) is 16.7 Å². The predicted molar refractivity (Wildman–Crippen MR) is 78.3 cm³/mol. The number of hydrogen-bond acceptors (Lipinski definition) is 5. The van der Waals surface area contributed by atoms with Crippen LogP contribution < -0.4 is 0 Å². The van der Waals surface area contributed by atoms with Gasteiger partial charge in [0.1, 0.15) is 0 Å². The first-order valence-corrected chi connectivity index (χ1v) is 8.26. The molecule has 0 aromatic carbocycles. The summed E-state index contributed by atoms with van der Waals surface area (Å²) in [6.45, 7) is 7.97. The summed E-state index contributed by atoms with van der Waals surface area (Å²) in [6, 6.07) is 0. The van der Waals surface area contributed by atoms with E-state index in [0.29, 0.717) is 35.9 Å². The highest BCUT2D eigenvalue weighted by atomic mass is 32.2. The number of thioether (sulfide) groups is 1. The van der Waals surface area contributed by atoms with Crippen molar-refractivity contribution in [3.05, 3.63) is 5.89 Å². The maximum Gasteiger partial charge on any atom is 0.276 e. The van der Waals surface area contributed by atoms with Gasteiger partial charge in [0, 0.05) is 18.7 Å². The summed E-state index contributed by atoms with van der Waals surface area (Å²) in [5.41, 5.74) is 0. The van der Waals surface area contributed by atoms with Gasteiger partial charge in [0.25, 0.3) is 5.22 Å². The molecule has 1 amide bonds. The zero-order valence-electron chi connectivity index (χ0n) is 12.5. The zero-order chi connectivity index (χ0) is 14.5. The highest BCUT2D eigenvalue weighted by Crippen LogP contribution is 2.23. The number of hydrogen-bond donors (Lipinski definition) is 0. The lowest BCUT2D eigenvalue weighted by Gasteiger charge is -2.12. The summed E-state index contributed by atoms with van der Waals surface area (Å²) < 4.78 is 5.60. The van der Waals surface area contributed by atoms with Gasteiger partial charge in [-0.3, -0.25) is 4.79 Å². The van der Waals surface area contributed by atoms with Crippen LogP contribution in [-0.2, 0) is 11.3 Å². The van der Waals surface area contributed by atoms with Crippen LogP contribution in [0.25, 0.3) is 0 Å². The van der Waals surface area contributed by atoms with Crippen LogP contribution in [0.2, 0.25) is 0 Å². The number of rotatable bonds is 7. The Morgan fingerprint density at radius 1 is 1.35 bits per heavy atom. The molecule has 0 N–H and O–H groups in total. The van der Waals surface area contributed by atoms with Crippen molar-refractivity contribution in [3.8, 4) is 0 Å². The molecule has 112 valence electrons. The number of likely N-dealkylation sites (tertiary alicyclic amines) is 1. The predicted octanol–water partition coefficient (Wildman–Crippen LogP) is 2.97. The third-order valence-corrected chi connectivity index (χ3v) is 4.46. The molecule has 1 aliphatic rings. The molecule has 20 heavy (non-hydrogen) atoms. The van der Waals surface area contributed by atoms with E-state index >= 15 is 0 Å². The summed E-state index contributed by atoms with van der Waals surface area (Å²) >= 11 is 1.61. The van der Waals surface area contributed by atoms with E-state index < -0.39 is 0 Å². The summed E-state index contributed by atoms with van der Waals surface area (Å²) in [7, 11) is 0. The standard InChI is InChI=1S/C14H23N3O2S/c1-10(2)7-11(3)9-20-14-16-15-12(19-14)8-17-6-4-5-13(17)18/h10-11H,4-9H2,1-3H3/t11-/m0/s1. The van der Waals surface area contributed by atoms with Gasteiger partial charge in [-0.05, 0) is 24.7 Å². The second kappa shape index (κ2) is 7.11. The van der Waals surface area contributed by atoms with E-state index in [2.05, 4.69) is 31.0 Å².